The van der Waals surface area contributed by atoms with E-state index < -0.39 is 0 Å². The van der Waals surface area contributed by atoms with Crippen molar-refractivity contribution in [2.24, 2.45) is 5.92 Å². The highest BCUT2D eigenvalue weighted by Crippen LogP contribution is 2.30. The van der Waals surface area contributed by atoms with Gasteiger partial charge in [0.15, 0.2) is 0 Å². The molecular formula is C16H30N2. The van der Waals surface area contributed by atoms with Gasteiger partial charge in [-0.25, -0.2) is 0 Å². The highest BCUT2D eigenvalue weighted by atomic mass is 15.3. The Morgan fingerprint density at radius 1 is 0.722 bits per heavy atom. The van der Waals surface area contributed by atoms with Gasteiger partial charge >= 0.3 is 0 Å². The van der Waals surface area contributed by atoms with E-state index in [1.165, 1.54) is 77.5 Å². The van der Waals surface area contributed by atoms with Crippen LogP contribution in [0.4, 0.5) is 0 Å². The molecule has 3 rings (SSSR count). The van der Waals surface area contributed by atoms with Crippen molar-refractivity contribution in [1.29, 1.82) is 0 Å². The Hall–Kier alpha value is -0.0800. The summed E-state index contributed by atoms with van der Waals surface area (Å²) in [5, 5.41) is 0. The monoisotopic (exact) mass is 250 g/mol. The van der Waals surface area contributed by atoms with Gasteiger partial charge in [-0.2, -0.15) is 0 Å². The molecule has 0 amide bonds. The summed E-state index contributed by atoms with van der Waals surface area (Å²) in [4.78, 5) is 5.66. The Bertz CT molecular complexity index is 266. The normalized spacial score (nSPS) is 40.2. The van der Waals surface area contributed by atoms with E-state index in [0.29, 0.717) is 0 Å². The molecule has 0 spiro atoms. The van der Waals surface area contributed by atoms with Gasteiger partial charge in [0.1, 0.15) is 0 Å². The van der Waals surface area contributed by atoms with E-state index in [0.717, 1.165) is 18.0 Å². The third-order valence-electron chi connectivity index (χ3n) is 5.62. The SMILES string of the molecule is CC1CCCCC1N1CCCN2CCCCC2C1. The number of fused-ring (bicyclic) bond motifs is 1. The predicted molar refractivity (Wildman–Crippen MR) is 76.8 cm³/mol. The molecule has 2 heterocycles. The first-order valence-corrected chi connectivity index (χ1v) is 8.32. The van der Waals surface area contributed by atoms with Gasteiger partial charge in [0.2, 0.25) is 0 Å². The molecule has 2 aliphatic heterocycles. The second-order valence-electron chi connectivity index (χ2n) is 6.86. The first-order valence-electron chi connectivity index (χ1n) is 8.32. The fraction of sp³-hybridized carbons (Fsp3) is 1.00. The summed E-state index contributed by atoms with van der Waals surface area (Å²) >= 11 is 0. The van der Waals surface area contributed by atoms with Crippen LogP contribution in [0.3, 0.4) is 0 Å². The molecule has 3 atom stereocenters. The zero-order chi connectivity index (χ0) is 12.4. The number of hydrogen-bond acceptors (Lipinski definition) is 2. The van der Waals surface area contributed by atoms with Gasteiger partial charge in [-0.05, 0) is 57.7 Å². The van der Waals surface area contributed by atoms with Crippen molar-refractivity contribution in [3.05, 3.63) is 0 Å². The predicted octanol–water partition coefficient (Wildman–Crippen LogP) is 3.13. The molecule has 0 radical (unpaired) electrons. The number of rotatable bonds is 1. The average Bonchev–Trinajstić information content (AvgIpc) is 2.61. The average molecular weight is 250 g/mol. The molecule has 0 N–H and O–H groups in total. The first-order chi connectivity index (χ1) is 8.84. The number of nitrogens with zero attached hydrogens (tertiary/aromatic N) is 2. The van der Waals surface area contributed by atoms with E-state index in [1.54, 1.807) is 0 Å². The summed E-state index contributed by atoms with van der Waals surface area (Å²) in [7, 11) is 0. The van der Waals surface area contributed by atoms with Gasteiger partial charge in [0.25, 0.3) is 0 Å². The lowest BCUT2D eigenvalue weighted by Gasteiger charge is -2.41. The van der Waals surface area contributed by atoms with Crippen molar-refractivity contribution in [3.63, 3.8) is 0 Å². The highest BCUT2D eigenvalue weighted by molar-refractivity contribution is 4.88. The smallest absolute Gasteiger partial charge is 0.0223 e. The molecule has 0 aromatic heterocycles. The lowest BCUT2D eigenvalue weighted by atomic mass is 9.84. The standard InChI is InChI=1S/C16H30N2/c1-14-7-2-3-9-16(14)18-12-6-11-17-10-5-4-8-15(17)13-18/h14-16H,2-13H2,1H3. The Kier molecular flexibility index (Phi) is 4.25. The van der Waals surface area contributed by atoms with Crippen molar-refractivity contribution in [3.8, 4) is 0 Å². The number of hydrogen-bond donors (Lipinski definition) is 0. The Labute approximate surface area is 113 Å². The topological polar surface area (TPSA) is 6.48 Å². The van der Waals surface area contributed by atoms with Crippen LogP contribution in [0, 0.1) is 5.92 Å². The molecule has 0 bridgehead atoms. The van der Waals surface area contributed by atoms with Crippen LogP contribution in [0.2, 0.25) is 0 Å². The maximum absolute atomic E-state index is 2.87. The van der Waals surface area contributed by atoms with Gasteiger partial charge in [-0.3, -0.25) is 9.80 Å². The van der Waals surface area contributed by atoms with E-state index in [9.17, 15) is 0 Å². The molecule has 18 heavy (non-hydrogen) atoms. The summed E-state index contributed by atoms with van der Waals surface area (Å²) in [5.74, 6) is 0.939. The van der Waals surface area contributed by atoms with Crippen LogP contribution < -0.4 is 0 Å². The zero-order valence-electron chi connectivity index (χ0n) is 12.1. The summed E-state index contributed by atoms with van der Waals surface area (Å²) in [6.45, 7) is 7.96. The third-order valence-corrected chi connectivity index (χ3v) is 5.62. The second-order valence-corrected chi connectivity index (χ2v) is 6.86. The molecule has 3 aliphatic rings. The van der Waals surface area contributed by atoms with Crippen LogP contribution in [0.15, 0.2) is 0 Å². The maximum Gasteiger partial charge on any atom is 0.0223 e. The lowest BCUT2D eigenvalue weighted by Crippen LogP contribution is -2.48. The number of piperidine rings is 1. The molecule has 3 unspecified atom stereocenters. The summed E-state index contributed by atoms with van der Waals surface area (Å²) in [6.07, 6.45) is 11.6. The molecule has 1 saturated carbocycles. The summed E-state index contributed by atoms with van der Waals surface area (Å²) in [6, 6.07) is 1.79. The zero-order valence-corrected chi connectivity index (χ0v) is 12.1. The molecule has 104 valence electrons. The van der Waals surface area contributed by atoms with E-state index in [4.69, 9.17) is 0 Å². The van der Waals surface area contributed by atoms with Crippen LogP contribution in [0.5, 0.6) is 0 Å². The quantitative estimate of drug-likeness (QED) is 0.705. The van der Waals surface area contributed by atoms with Gasteiger partial charge in [-0.1, -0.05) is 26.2 Å². The molecule has 0 aromatic rings. The Morgan fingerprint density at radius 3 is 2.33 bits per heavy atom. The minimum Gasteiger partial charge on any atom is -0.299 e. The largest absolute Gasteiger partial charge is 0.299 e. The molecule has 2 heteroatoms. The molecule has 0 aromatic carbocycles. The molecular weight excluding hydrogens is 220 g/mol. The summed E-state index contributed by atoms with van der Waals surface area (Å²) in [5.41, 5.74) is 0. The molecule has 3 fully saturated rings. The second kappa shape index (κ2) is 5.92. The fourth-order valence-electron chi connectivity index (χ4n) is 4.54. The van der Waals surface area contributed by atoms with Crippen LogP contribution in [0.25, 0.3) is 0 Å². The van der Waals surface area contributed by atoms with Crippen molar-refractivity contribution in [2.45, 2.75) is 70.4 Å². The van der Waals surface area contributed by atoms with Crippen molar-refractivity contribution < 1.29 is 0 Å². The van der Waals surface area contributed by atoms with Crippen molar-refractivity contribution >= 4 is 0 Å². The van der Waals surface area contributed by atoms with Gasteiger partial charge in [0.05, 0.1) is 0 Å². The van der Waals surface area contributed by atoms with Gasteiger partial charge < -0.3 is 0 Å². The van der Waals surface area contributed by atoms with E-state index in [1.807, 2.05) is 0 Å². The van der Waals surface area contributed by atoms with Crippen LogP contribution in [-0.4, -0.2) is 48.1 Å². The Balaban J connectivity index is 1.65. The summed E-state index contributed by atoms with van der Waals surface area (Å²) < 4.78 is 0. The van der Waals surface area contributed by atoms with Crippen LogP contribution in [-0.2, 0) is 0 Å². The van der Waals surface area contributed by atoms with E-state index in [2.05, 4.69) is 16.7 Å². The highest BCUT2D eigenvalue weighted by Gasteiger charge is 2.33. The van der Waals surface area contributed by atoms with Crippen LogP contribution >= 0.6 is 0 Å². The molecule has 2 nitrogen and oxygen atoms in total. The Morgan fingerprint density at radius 2 is 1.44 bits per heavy atom. The van der Waals surface area contributed by atoms with Crippen LogP contribution in [0.1, 0.15) is 58.3 Å². The first kappa shape index (κ1) is 12.9. The van der Waals surface area contributed by atoms with E-state index in [-0.39, 0.29) is 0 Å². The molecule has 2 saturated heterocycles. The van der Waals surface area contributed by atoms with Gasteiger partial charge in [0, 0.05) is 18.6 Å². The van der Waals surface area contributed by atoms with E-state index >= 15 is 0 Å². The minimum absolute atomic E-state index is 0.885. The fourth-order valence-corrected chi connectivity index (χ4v) is 4.54. The maximum atomic E-state index is 2.87. The third kappa shape index (κ3) is 2.75. The molecule has 1 aliphatic carbocycles. The van der Waals surface area contributed by atoms with Crippen molar-refractivity contribution in [2.75, 3.05) is 26.2 Å². The van der Waals surface area contributed by atoms with Gasteiger partial charge in [-0.15, -0.1) is 0 Å². The van der Waals surface area contributed by atoms with Crippen molar-refractivity contribution in [1.82, 2.24) is 9.80 Å². The lowest BCUT2D eigenvalue weighted by molar-refractivity contribution is 0.0825. The minimum atomic E-state index is 0.885.